The number of amides is 2. The van der Waals surface area contributed by atoms with Crippen molar-refractivity contribution in [3.05, 3.63) is 54.5 Å². The molecule has 3 N–H and O–H groups in total. The molecular weight excluding hydrogens is 356 g/mol. The molecule has 1 aromatic carbocycles. The number of nitrogens with zero attached hydrogens (tertiary/aromatic N) is 3. The monoisotopic (exact) mass is 378 g/mol. The minimum Gasteiger partial charge on any atom is -0.346 e. The average molecular weight is 378 g/mol. The first-order valence-corrected chi connectivity index (χ1v) is 9.38. The number of H-pyrrole nitrogens is 1. The maximum absolute atomic E-state index is 13.2. The van der Waals surface area contributed by atoms with Gasteiger partial charge in [-0.05, 0) is 37.6 Å². The lowest BCUT2D eigenvalue weighted by atomic mass is 10.1. The standard InChI is InChI=1S/C20H22N6O2/c27-17(12-23-20(28)14-5-2-1-3-6-14)26(15-7-4-9-21-11-15)19-16-8-10-22-18(16)24-13-25-19/h1-3,5-6,8,10,13,15,21H,4,7,9,11-12H2,(H,23,28)(H,22,24,25). The second-order valence-electron chi connectivity index (χ2n) is 6.75. The van der Waals surface area contributed by atoms with E-state index in [2.05, 4.69) is 25.6 Å². The van der Waals surface area contributed by atoms with Crippen LogP contribution in [0.4, 0.5) is 5.82 Å². The van der Waals surface area contributed by atoms with Crippen LogP contribution < -0.4 is 15.5 Å². The number of carbonyl (C=O) groups excluding carboxylic acids is 2. The van der Waals surface area contributed by atoms with E-state index in [0.29, 0.717) is 23.6 Å². The van der Waals surface area contributed by atoms with Crippen LogP contribution in [0.1, 0.15) is 23.2 Å². The van der Waals surface area contributed by atoms with E-state index in [0.717, 1.165) is 24.8 Å². The van der Waals surface area contributed by atoms with Gasteiger partial charge in [0.15, 0.2) is 0 Å². The molecule has 1 aliphatic heterocycles. The number of aromatic nitrogens is 3. The Hall–Kier alpha value is -3.26. The summed E-state index contributed by atoms with van der Waals surface area (Å²) in [5, 5.41) is 6.86. The van der Waals surface area contributed by atoms with E-state index in [1.54, 1.807) is 35.4 Å². The molecule has 4 rings (SSSR count). The molecule has 3 aromatic rings. The highest BCUT2D eigenvalue weighted by Crippen LogP contribution is 2.26. The van der Waals surface area contributed by atoms with Crippen LogP contribution in [0, 0.1) is 0 Å². The van der Waals surface area contributed by atoms with Crippen molar-refractivity contribution in [1.29, 1.82) is 0 Å². The van der Waals surface area contributed by atoms with Crippen LogP contribution in [-0.2, 0) is 4.79 Å². The minimum absolute atomic E-state index is 0.0251. The molecule has 8 nitrogen and oxygen atoms in total. The lowest BCUT2D eigenvalue weighted by molar-refractivity contribution is -0.118. The second kappa shape index (κ2) is 8.18. The Morgan fingerprint density at radius 1 is 1.18 bits per heavy atom. The molecule has 0 spiro atoms. The zero-order valence-corrected chi connectivity index (χ0v) is 15.4. The molecule has 0 radical (unpaired) electrons. The molecule has 1 unspecified atom stereocenters. The number of carbonyl (C=O) groups is 2. The van der Waals surface area contributed by atoms with Crippen LogP contribution >= 0.6 is 0 Å². The summed E-state index contributed by atoms with van der Waals surface area (Å²) in [7, 11) is 0. The summed E-state index contributed by atoms with van der Waals surface area (Å²) in [5.41, 5.74) is 1.20. The Morgan fingerprint density at radius 2 is 2.04 bits per heavy atom. The van der Waals surface area contributed by atoms with Gasteiger partial charge in [-0.1, -0.05) is 18.2 Å². The van der Waals surface area contributed by atoms with Crippen LogP contribution in [-0.4, -0.2) is 52.4 Å². The van der Waals surface area contributed by atoms with E-state index in [1.165, 1.54) is 6.33 Å². The molecule has 3 heterocycles. The molecule has 28 heavy (non-hydrogen) atoms. The predicted molar refractivity (Wildman–Crippen MR) is 106 cm³/mol. The van der Waals surface area contributed by atoms with Gasteiger partial charge in [-0.25, -0.2) is 9.97 Å². The maximum atomic E-state index is 13.2. The highest BCUT2D eigenvalue weighted by molar-refractivity contribution is 6.04. The van der Waals surface area contributed by atoms with Crippen molar-refractivity contribution in [2.24, 2.45) is 0 Å². The lowest BCUT2D eigenvalue weighted by Crippen LogP contribution is -2.52. The highest BCUT2D eigenvalue weighted by atomic mass is 16.2. The Bertz CT molecular complexity index is 965. The molecule has 0 bridgehead atoms. The second-order valence-corrected chi connectivity index (χ2v) is 6.75. The smallest absolute Gasteiger partial charge is 0.251 e. The molecular formula is C20H22N6O2. The summed E-state index contributed by atoms with van der Waals surface area (Å²) in [6.07, 6.45) is 5.09. The molecule has 2 aromatic heterocycles. The van der Waals surface area contributed by atoms with Crippen molar-refractivity contribution in [2.75, 3.05) is 24.5 Å². The fourth-order valence-electron chi connectivity index (χ4n) is 3.53. The third-order valence-electron chi connectivity index (χ3n) is 4.90. The van der Waals surface area contributed by atoms with Crippen molar-refractivity contribution in [2.45, 2.75) is 18.9 Å². The van der Waals surface area contributed by atoms with Gasteiger partial charge in [0.1, 0.15) is 17.8 Å². The number of benzene rings is 1. The summed E-state index contributed by atoms with van der Waals surface area (Å²) in [5.74, 6) is 0.100. The number of nitrogens with one attached hydrogen (secondary N) is 3. The first kappa shape index (κ1) is 18.1. The van der Waals surface area contributed by atoms with Gasteiger partial charge in [0.2, 0.25) is 5.91 Å². The van der Waals surface area contributed by atoms with Crippen LogP contribution in [0.5, 0.6) is 0 Å². The Morgan fingerprint density at radius 3 is 2.82 bits per heavy atom. The Kier molecular flexibility index (Phi) is 5.29. The molecule has 2 amide bonds. The fraction of sp³-hybridized carbons (Fsp3) is 0.300. The topological polar surface area (TPSA) is 103 Å². The van der Waals surface area contributed by atoms with Gasteiger partial charge >= 0.3 is 0 Å². The molecule has 1 saturated heterocycles. The van der Waals surface area contributed by atoms with Crippen molar-refractivity contribution >= 4 is 28.7 Å². The summed E-state index contributed by atoms with van der Waals surface area (Å²) in [4.78, 5) is 38.9. The first-order valence-electron chi connectivity index (χ1n) is 9.38. The number of rotatable bonds is 5. The number of anilines is 1. The summed E-state index contributed by atoms with van der Waals surface area (Å²) in [6, 6.07) is 10.7. The number of aromatic amines is 1. The van der Waals surface area contributed by atoms with Gasteiger partial charge in [0, 0.05) is 18.3 Å². The third kappa shape index (κ3) is 3.72. The number of hydrogen-bond donors (Lipinski definition) is 3. The van der Waals surface area contributed by atoms with Crippen LogP contribution in [0.25, 0.3) is 11.0 Å². The van der Waals surface area contributed by atoms with Crippen LogP contribution in [0.3, 0.4) is 0 Å². The largest absolute Gasteiger partial charge is 0.346 e. The van der Waals surface area contributed by atoms with Crippen molar-refractivity contribution in [1.82, 2.24) is 25.6 Å². The molecule has 8 heteroatoms. The fourth-order valence-corrected chi connectivity index (χ4v) is 3.53. The molecule has 144 valence electrons. The number of piperidine rings is 1. The van der Waals surface area contributed by atoms with E-state index >= 15 is 0 Å². The summed E-state index contributed by atoms with van der Waals surface area (Å²) in [6.45, 7) is 1.53. The van der Waals surface area contributed by atoms with E-state index < -0.39 is 0 Å². The van der Waals surface area contributed by atoms with Gasteiger partial charge in [-0.3, -0.25) is 14.5 Å². The van der Waals surface area contributed by atoms with E-state index in [4.69, 9.17) is 0 Å². The van der Waals surface area contributed by atoms with Gasteiger partial charge in [-0.15, -0.1) is 0 Å². The van der Waals surface area contributed by atoms with Gasteiger partial charge < -0.3 is 15.6 Å². The van der Waals surface area contributed by atoms with Gasteiger partial charge in [0.05, 0.1) is 18.0 Å². The highest BCUT2D eigenvalue weighted by Gasteiger charge is 2.29. The molecule has 1 aliphatic rings. The summed E-state index contributed by atoms with van der Waals surface area (Å²) < 4.78 is 0. The summed E-state index contributed by atoms with van der Waals surface area (Å²) >= 11 is 0. The lowest BCUT2D eigenvalue weighted by Gasteiger charge is -2.34. The van der Waals surface area contributed by atoms with Crippen molar-refractivity contribution < 1.29 is 9.59 Å². The zero-order valence-electron chi connectivity index (χ0n) is 15.4. The predicted octanol–water partition coefficient (Wildman–Crippen LogP) is 1.47. The van der Waals surface area contributed by atoms with Crippen LogP contribution in [0.15, 0.2) is 48.9 Å². The van der Waals surface area contributed by atoms with Gasteiger partial charge in [0.25, 0.3) is 5.91 Å². The van der Waals surface area contributed by atoms with Crippen LogP contribution in [0.2, 0.25) is 0 Å². The Labute approximate surface area is 162 Å². The molecule has 1 atom stereocenters. The minimum atomic E-state index is -0.273. The first-order chi connectivity index (χ1) is 13.7. The molecule has 0 saturated carbocycles. The zero-order chi connectivity index (χ0) is 19.3. The Balaban J connectivity index is 1.57. The quantitative estimate of drug-likeness (QED) is 0.624. The maximum Gasteiger partial charge on any atom is 0.251 e. The van der Waals surface area contributed by atoms with Crippen molar-refractivity contribution in [3.63, 3.8) is 0 Å². The van der Waals surface area contributed by atoms with Crippen molar-refractivity contribution in [3.8, 4) is 0 Å². The number of hydrogen-bond acceptors (Lipinski definition) is 5. The normalized spacial score (nSPS) is 16.6. The van der Waals surface area contributed by atoms with E-state index in [9.17, 15) is 9.59 Å². The molecule has 0 aliphatic carbocycles. The van der Waals surface area contributed by atoms with Gasteiger partial charge in [-0.2, -0.15) is 0 Å². The van der Waals surface area contributed by atoms with E-state index in [1.807, 2.05) is 12.1 Å². The van der Waals surface area contributed by atoms with E-state index in [-0.39, 0.29) is 24.4 Å². The number of fused-ring (bicyclic) bond motifs is 1. The third-order valence-corrected chi connectivity index (χ3v) is 4.90. The molecule has 1 fully saturated rings. The average Bonchev–Trinajstić information content (AvgIpc) is 3.23. The SMILES string of the molecule is O=C(NCC(=O)N(c1ncnc2[nH]ccc12)C1CCCNC1)c1ccccc1.